The average Bonchev–Trinajstić information content (AvgIpc) is 2.31. The zero-order chi connectivity index (χ0) is 12.8. The Labute approximate surface area is 119 Å². The highest BCUT2D eigenvalue weighted by Crippen LogP contribution is 2.27. The molecule has 0 aliphatic rings. The van der Waals surface area contributed by atoms with Crippen LogP contribution in [-0.4, -0.2) is 12.6 Å². The summed E-state index contributed by atoms with van der Waals surface area (Å²) in [6.45, 7) is 4.61. The summed E-state index contributed by atoms with van der Waals surface area (Å²) < 4.78 is 19.0. The van der Waals surface area contributed by atoms with E-state index in [9.17, 15) is 4.39 Å². The van der Waals surface area contributed by atoms with Gasteiger partial charge in [-0.05, 0) is 30.9 Å². The van der Waals surface area contributed by atoms with Gasteiger partial charge in [0.1, 0.15) is 11.6 Å². The van der Waals surface area contributed by atoms with Crippen LogP contribution in [0.25, 0.3) is 0 Å². The summed E-state index contributed by atoms with van der Waals surface area (Å²) in [6.07, 6.45) is 2.34. The topological polar surface area (TPSA) is 35.2 Å². The molecule has 1 aromatic rings. The second-order valence-corrected chi connectivity index (χ2v) is 4.50. The van der Waals surface area contributed by atoms with E-state index in [-0.39, 0.29) is 23.5 Å². The number of nitrogens with two attached hydrogens (primary N) is 1. The SMILES string of the molecule is CCCOc1cc(Cl)c(F)cc1CC(N)CC.Cl. The van der Waals surface area contributed by atoms with Crippen molar-refractivity contribution < 1.29 is 9.13 Å². The zero-order valence-electron chi connectivity index (χ0n) is 10.7. The van der Waals surface area contributed by atoms with Crippen LogP contribution in [0.5, 0.6) is 5.75 Å². The maximum absolute atomic E-state index is 13.4. The highest BCUT2D eigenvalue weighted by Gasteiger charge is 2.12. The van der Waals surface area contributed by atoms with Gasteiger partial charge in [0, 0.05) is 12.1 Å². The van der Waals surface area contributed by atoms with Crippen molar-refractivity contribution in [3.63, 3.8) is 0 Å². The lowest BCUT2D eigenvalue weighted by Crippen LogP contribution is -2.22. The van der Waals surface area contributed by atoms with Gasteiger partial charge in [-0.15, -0.1) is 12.4 Å². The van der Waals surface area contributed by atoms with Crippen molar-refractivity contribution in [1.82, 2.24) is 0 Å². The highest BCUT2D eigenvalue weighted by molar-refractivity contribution is 6.30. The van der Waals surface area contributed by atoms with Crippen LogP contribution >= 0.6 is 24.0 Å². The molecule has 1 unspecified atom stereocenters. The standard InChI is InChI=1S/C13H19ClFNO.ClH/c1-3-5-17-13-8-11(14)12(15)7-9(13)6-10(16)4-2;/h7-8,10H,3-6,16H2,1-2H3;1H. The molecular weight excluding hydrogens is 276 g/mol. The summed E-state index contributed by atoms with van der Waals surface area (Å²) in [5.41, 5.74) is 6.67. The van der Waals surface area contributed by atoms with Gasteiger partial charge in [0.25, 0.3) is 0 Å². The van der Waals surface area contributed by atoms with Crippen LogP contribution in [0, 0.1) is 5.82 Å². The first-order valence-corrected chi connectivity index (χ1v) is 6.32. The Bertz CT molecular complexity index is 374. The van der Waals surface area contributed by atoms with E-state index in [0.717, 1.165) is 18.4 Å². The quantitative estimate of drug-likeness (QED) is 0.862. The van der Waals surface area contributed by atoms with Crippen molar-refractivity contribution in [2.75, 3.05) is 6.61 Å². The summed E-state index contributed by atoms with van der Waals surface area (Å²) >= 11 is 5.75. The number of ether oxygens (including phenoxy) is 1. The third kappa shape index (κ3) is 5.01. The molecule has 2 N–H and O–H groups in total. The number of benzene rings is 1. The molecule has 0 spiro atoms. The molecule has 0 saturated heterocycles. The van der Waals surface area contributed by atoms with E-state index in [0.29, 0.717) is 18.8 Å². The molecular formula is C13H20Cl2FNO. The largest absolute Gasteiger partial charge is 0.493 e. The fourth-order valence-electron chi connectivity index (χ4n) is 1.50. The van der Waals surface area contributed by atoms with Gasteiger partial charge >= 0.3 is 0 Å². The summed E-state index contributed by atoms with van der Waals surface area (Å²) in [5.74, 6) is 0.218. The minimum Gasteiger partial charge on any atom is -0.493 e. The van der Waals surface area contributed by atoms with E-state index in [1.54, 1.807) is 0 Å². The summed E-state index contributed by atoms with van der Waals surface area (Å²) in [7, 11) is 0. The van der Waals surface area contributed by atoms with Crippen LogP contribution in [-0.2, 0) is 6.42 Å². The normalized spacial score (nSPS) is 11.8. The van der Waals surface area contributed by atoms with Crippen LogP contribution in [0.15, 0.2) is 12.1 Å². The predicted molar refractivity (Wildman–Crippen MR) is 76.4 cm³/mol. The summed E-state index contributed by atoms with van der Waals surface area (Å²) in [5, 5.41) is 0.0879. The lowest BCUT2D eigenvalue weighted by molar-refractivity contribution is 0.312. The Morgan fingerprint density at radius 3 is 2.61 bits per heavy atom. The Kier molecular flexibility index (Phi) is 8.32. The molecule has 0 fully saturated rings. The molecule has 0 aliphatic heterocycles. The van der Waals surface area contributed by atoms with E-state index in [1.807, 2.05) is 13.8 Å². The molecule has 0 saturated carbocycles. The second-order valence-electron chi connectivity index (χ2n) is 4.09. The molecule has 0 aromatic heterocycles. The molecule has 0 aliphatic carbocycles. The number of hydrogen-bond acceptors (Lipinski definition) is 2. The first-order valence-electron chi connectivity index (χ1n) is 5.94. The summed E-state index contributed by atoms with van der Waals surface area (Å²) in [6, 6.07) is 2.96. The molecule has 5 heteroatoms. The van der Waals surface area contributed by atoms with Crippen LogP contribution in [0.1, 0.15) is 32.3 Å². The second kappa shape index (κ2) is 8.57. The van der Waals surface area contributed by atoms with Crippen molar-refractivity contribution in [2.24, 2.45) is 5.73 Å². The number of halogens is 3. The van der Waals surface area contributed by atoms with E-state index in [1.165, 1.54) is 12.1 Å². The van der Waals surface area contributed by atoms with Crippen molar-refractivity contribution in [1.29, 1.82) is 0 Å². The van der Waals surface area contributed by atoms with Crippen LogP contribution in [0.4, 0.5) is 4.39 Å². The molecule has 0 heterocycles. The third-order valence-electron chi connectivity index (χ3n) is 2.57. The third-order valence-corrected chi connectivity index (χ3v) is 2.86. The molecule has 1 aromatic carbocycles. The lowest BCUT2D eigenvalue weighted by Gasteiger charge is -2.15. The van der Waals surface area contributed by atoms with Gasteiger partial charge in [-0.1, -0.05) is 25.4 Å². The minimum atomic E-state index is -0.422. The van der Waals surface area contributed by atoms with Gasteiger partial charge in [0.05, 0.1) is 11.6 Å². The minimum absolute atomic E-state index is 0. The van der Waals surface area contributed by atoms with E-state index >= 15 is 0 Å². The van der Waals surface area contributed by atoms with Gasteiger partial charge in [0.2, 0.25) is 0 Å². The molecule has 1 rings (SSSR count). The first kappa shape index (κ1) is 17.5. The fourth-order valence-corrected chi connectivity index (χ4v) is 1.66. The molecule has 2 nitrogen and oxygen atoms in total. The molecule has 0 amide bonds. The Morgan fingerprint density at radius 2 is 2.06 bits per heavy atom. The molecule has 0 bridgehead atoms. The van der Waals surface area contributed by atoms with E-state index in [4.69, 9.17) is 22.1 Å². The maximum atomic E-state index is 13.4. The highest BCUT2D eigenvalue weighted by atomic mass is 35.5. The first-order chi connectivity index (χ1) is 8.08. The van der Waals surface area contributed by atoms with Crippen LogP contribution < -0.4 is 10.5 Å². The predicted octanol–water partition coefficient (Wildman–Crippen LogP) is 3.97. The number of hydrogen-bond donors (Lipinski definition) is 1. The van der Waals surface area contributed by atoms with Gasteiger partial charge in [-0.3, -0.25) is 0 Å². The van der Waals surface area contributed by atoms with E-state index in [2.05, 4.69) is 0 Å². The van der Waals surface area contributed by atoms with Gasteiger partial charge in [-0.25, -0.2) is 4.39 Å². The molecule has 1 atom stereocenters. The molecule has 104 valence electrons. The van der Waals surface area contributed by atoms with Crippen LogP contribution in [0.3, 0.4) is 0 Å². The van der Waals surface area contributed by atoms with Crippen LogP contribution in [0.2, 0.25) is 5.02 Å². The lowest BCUT2D eigenvalue weighted by atomic mass is 10.0. The fraction of sp³-hybridized carbons (Fsp3) is 0.538. The Morgan fingerprint density at radius 1 is 1.39 bits per heavy atom. The maximum Gasteiger partial charge on any atom is 0.142 e. The molecule has 0 radical (unpaired) electrons. The Balaban J connectivity index is 0.00000289. The van der Waals surface area contributed by atoms with Crippen molar-refractivity contribution in [3.05, 3.63) is 28.5 Å². The van der Waals surface area contributed by atoms with Gasteiger partial charge in [-0.2, -0.15) is 0 Å². The van der Waals surface area contributed by atoms with Gasteiger partial charge < -0.3 is 10.5 Å². The number of rotatable bonds is 6. The Hall–Kier alpha value is -0.510. The summed E-state index contributed by atoms with van der Waals surface area (Å²) in [4.78, 5) is 0. The van der Waals surface area contributed by atoms with Crippen molar-refractivity contribution >= 4 is 24.0 Å². The van der Waals surface area contributed by atoms with Crippen molar-refractivity contribution in [2.45, 2.75) is 39.2 Å². The average molecular weight is 296 g/mol. The van der Waals surface area contributed by atoms with Gasteiger partial charge in [0.15, 0.2) is 0 Å². The monoisotopic (exact) mass is 295 g/mol. The zero-order valence-corrected chi connectivity index (χ0v) is 12.3. The van der Waals surface area contributed by atoms with E-state index < -0.39 is 5.82 Å². The van der Waals surface area contributed by atoms with Crippen molar-refractivity contribution in [3.8, 4) is 5.75 Å². The molecule has 18 heavy (non-hydrogen) atoms. The smallest absolute Gasteiger partial charge is 0.142 e.